The normalized spacial score (nSPS) is 10.6. The van der Waals surface area contributed by atoms with Crippen molar-refractivity contribution in [3.8, 4) is 5.95 Å². The van der Waals surface area contributed by atoms with E-state index in [1.54, 1.807) is 11.8 Å². The number of anilines is 1. The maximum Gasteiger partial charge on any atom is 0.257 e. The molecule has 0 amide bonds. The van der Waals surface area contributed by atoms with Crippen molar-refractivity contribution in [2.24, 2.45) is 5.84 Å². The highest BCUT2D eigenvalue weighted by atomic mass is 32.2. The Balaban J connectivity index is 2.22. The van der Waals surface area contributed by atoms with Gasteiger partial charge < -0.3 is 0 Å². The molecule has 0 aliphatic heterocycles. The summed E-state index contributed by atoms with van der Waals surface area (Å²) in [5.74, 6) is 7.01. The highest BCUT2D eigenvalue weighted by Gasteiger charge is 2.08. The fourth-order valence-electron chi connectivity index (χ4n) is 1.20. The van der Waals surface area contributed by atoms with E-state index in [2.05, 4.69) is 37.4 Å². The van der Waals surface area contributed by atoms with Gasteiger partial charge in [0.25, 0.3) is 5.95 Å². The monoisotopic (exact) mass is 266 g/mol. The van der Waals surface area contributed by atoms with E-state index in [1.807, 2.05) is 0 Å². The molecule has 2 heterocycles. The van der Waals surface area contributed by atoms with Crippen LogP contribution in [0.15, 0.2) is 17.8 Å². The Labute approximate surface area is 108 Å². The Kier molecular flexibility index (Phi) is 4.42. The third-order valence-electron chi connectivity index (χ3n) is 2.08. The first kappa shape index (κ1) is 12.7. The Morgan fingerprint density at radius 2 is 2.28 bits per heavy atom. The van der Waals surface area contributed by atoms with E-state index in [-0.39, 0.29) is 0 Å². The third kappa shape index (κ3) is 3.14. The number of hydrazine groups is 1. The molecule has 0 radical (unpaired) electrons. The van der Waals surface area contributed by atoms with Crippen LogP contribution in [-0.4, -0.2) is 35.5 Å². The summed E-state index contributed by atoms with van der Waals surface area (Å²) in [6.07, 6.45) is 5.19. The van der Waals surface area contributed by atoms with Crippen LogP contribution in [-0.2, 0) is 0 Å². The number of aromatic nitrogens is 6. The lowest BCUT2D eigenvalue weighted by atomic mass is 10.4. The highest BCUT2D eigenvalue weighted by Crippen LogP contribution is 2.16. The maximum absolute atomic E-state index is 5.34. The number of rotatable bonds is 6. The van der Waals surface area contributed by atoms with Crippen molar-refractivity contribution in [1.29, 1.82) is 0 Å². The lowest BCUT2D eigenvalue weighted by molar-refractivity contribution is 0.758. The molecule has 0 saturated carbocycles. The van der Waals surface area contributed by atoms with Gasteiger partial charge >= 0.3 is 0 Å². The van der Waals surface area contributed by atoms with Gasteiger partial charge in [-0.3, -0.25) is 5.43 Å². The van der Waals surface area contributed by atoms with Gasteiger partial charge in [0, 0.05) is 5.75 Å². The van der Waals surface area contributed by atoms with E-state index >= 15 is 0 Å². The van der Waals surface area contributed by atoms with Crippen molar-refractivity contribution < 1.29 is 0 Å². The molecule has 2 aromatic heterocycles. The minimum atomic E-state index is 0.314. The number of unbranched alkanes of at least 4 members (excludes halogenated alkanes) is 1. The van der Waals surface area contributed by atoms with Gasteiger partial charge in [0.05, 0.1) is 0 Å². The van der Waals surface area contributed by atoms with Crippen LogP contribution in [0.1, 0.15) is 19.8 Å². The molecular formula is C9H14N8S. The summed E-state index contributed by atoms with van der Waals surface area (Å²) in [4.78, 5) is 16.4. The molecule has 8 nitrogen and oxygen atoms in total. The molecule has 0 aliphatic rings. The quantitative estimate of drug-likeness (QED) is 0.339. The van der Waals surface area contributed by atoms with Crippen LogP contribution >= 0.6 is 11.8 Å². The number of nitrogen functional groups attached to an aromatic ring is 1. The van der Waals surface area contributed by atoms with Gasteiger partial charge in [-0.2, -0.15) is 24.7 Å². The van der Waals surface area contributed by atoms with Gasteiger partial charge in [0.2, 0.25) is 5.95 Å². The second-order valence-electron chi connectivity index (χ2n) is 3.43. The average molecular weight is 266 g/mol. The number of nitrogens with one attached hydrogen (secondary N) is 1. The summed E-state index contributed by atoms with van der Waals surface area (Å²) >= 11 is 1.57. The smallest absolute Gasteiger partial charge is 0.257 e. The van der Waals surface area contributed by atoms with Gasteiger partial charge in [-0.1, -0.05) is 25.1 Å². The number of hydrogen-bond donors (Lipinski definition) is 2. The Bertz CT molecular complexity index is 485. The molecule has 0 unspecified atom stereocenters. The number of nitrogens with zero attached hydrogens (tertiary/aromatic N) is 6. The van der Waals surface area contributed by atoms with Crippen LogP contribution in [0.3, 0.4) is 0 Å². The van der Waals surface area contributed by atoms with E-state index in [0.717, 1.165) is 18.6 Å². The Morgan fingerprint density at radius 3 is 2.94 bits per heavy atom. The zero-order valence-corrected chi connectivity index (χ0v) is 10.8. The molecular weight excluding hydrogens is 252 g/mol. The first-order valence-electron chi connectivity index (χ1n) is 5.54. The summed E-state index contributed by atoms with van der Waals surface area (Å²) in [5, 5.41) is 4.60. The van der Waals surface area contributed by atoms with E-state index in [4.69, 9.17) is 5.84 Å². The topological polar surface area (TPSA) is 107 Å². The molecule has 2 aromatic rings. The molecule has 0 saturated heterocycles. The summed E-state index contributed by atoms with van der Waals surface area (Å²) in [7, 11) is 0. The molecule has 96 valence electrons. The van der Waals surface area contributed by atoms with E-state index in [0.29, 0.717) is 17.1 Å². The van der Waals surface area contributed by atoms with Gasteiger partial charge in [0.1, 0.15) is 12.7 Å². The van der Waals surface area contributed by atoms with Gasteiger partial charge in [-0.25, -0.2) is 10.8 Å². The van der Waals surface area contributed by atoms with Crippen molar-refractivity contribution in [2.45, 2.75) is 24.9 Å². The van der Waals surface area contributed by atoms with Gasteiger partial charge in [0.15, 0.2) is 5.16 Å². The summed E-state index contributed by atoms with van der Waals surface area (Å²) in [5.41, 5.74) is 2.42. The van der Waals surface area contributed by atoms with Crippen molar-refractivity contribution >= 4 is 17.7 Å². The molecule has 18 heavy (non-hydrogen) atoms. The van der Waals surface area contributed by atoms with Crippen LogP contribution in [0.2, 0.25) is 0 Å². The van der Waals surface area contributed by atoms with Crippen LogP contribution in [0.25, 0.3) is 5.95 Å². The number of nitrogens with two attached hydrogens (primary N) is 1. The standard InChI is InChI=1S/C9H14N8S/c1-2-3-4-18-9-14-7(16-10)13-8(15-9)17-6-11-5-12-17/h5-6H,2-4,10H2,1H3,(H,13,14,15,16). The van der Waals surface area contributed by atoms with Crippen molar-refractivity contribution in [2.75, 3.05) is 11.2 Å². The summed E-state index contributed by atoms with van der Waals surface area (Å²) in [6, 6.07) is 0. The lowest BCUT2D eigenvalue weighted by Gasteiger charge is -2.05. The fraction of sp³-hybridized carbons (Fsp3) is 0.444. The Morgan fingerprint density at radius 1 is 1.39 bits per heavy atom. The zero-order valence-electron chi connectivity index (χ0n) is 9.94. The zero-order chi connectivity index (χ0) is 12.8. The highest BCUT2D eigenvalue weighted by molar-refractivity contribution is 7.99. The summed E-state index contributed by atoms with van der Waals surface area (Å²) in [6.45, 7) is 2.14. The lowest BCUT2D eigenvalue weighted by Crippen LogP contribution is -2.14. The van der Waals surface area contributed by atoms with Crippen molar-refractivity contribution in [3.05, 3.63) is 12.7 Å². The molecule has 2 rings (SSSR count). The van der Waals surface area contributed by atoms with E-state index in [9.17, 15) is 0 Å². The van der Waals surface area contributed by atoms with E-state index in [1.165, 1.54) is 17.3 Å². The van der Waals surface area contributed by atoms with Crippen LogP contribution in [0, 0.1) is 0 Å². The number of thioether (sulfide) groups is 1. The molecule has 0 spiro atoms. The van der Waals surface area contributed by atoms with Crippen molar-refractivity contribution in [1.82, 2.24) is 29.7 Å². The van der Waals surface area contributed by atoms with Crippen LogP contribution in [0.4, 0.5) is 5.95 Å². The predicted octanol–water partition coefficient (Wildman–Crippen LogP) is 0.630. The number of hydrogen-bond acceptors (Lipinski definition) is 8. The molecule has 0 aromatic carbocycles. The fourth-order valence-corrected chi connectivity index (χ4v) is 2.11. The molecule has 3 N–H and O–H groups in total. The second kappa shape index (κ2) is 6.26. The summed E-state index contributed by atoms with van der Waals surface area (Å²) < 4.78 is 1.46. The van der Waals surface area contributed by atoms with Crippen molar-refractivity contribution in [3.63, 3.8) is 0 Å². The SMILES string of the molecule is CCCCSc1nc(NN)nc(-n2cncn2)n1. The minimum absolute atomic E-state index is 0.314. The van der Waals surface area contributed by atoms with Gasteiger partial charge in [-0.05, 0) is 6.42 Å². The second-order valence-corrected chi connectivity index (χ2v) is 4.49. The molecule has 9 heteroatoms. The first-order chi connectivity index (χ1) is 8.83. The largest absolute Gasteiger partial charge is 0.292 e. The third-order valence-corrected chi connectivity index (χ3v) is 3.02. The van der Waals surface area contributed by atoms with Crippen LogP contribution < -0.4 is 11.3 Å². The Hall–Kier alpha value is -1.74. The minimum Gasteiger partial charge on any atom is -0.292 e. The van der Waals surface area contributed by atoms with Crippen LogP contribution in [0.5, 0.6) is 0 Å². The maximum atomic E-state index is 5.34. The average Bonchev–Trinajstić information content (AvgIpc) is 2.92. The first-order valence-corrected chi connectivity index (χ1v) is 6.52. The molecule has 0 bridgehead atoms. The van der Waals surface area contributed by atoms with E-state index < -0.39 is 0 Å². The van der Waals surface area contributed by atoms with Gasteiger partial charge in [-0.15, -0.1) is 0 Å². The predicted molar refractivity (Wildman–Crippen MR) is 68.2 cm³/mol. The molecule has 0 fully saturated rings. The molecule has 0 atom stereocenters. The molecule has 0 aliphatic carbocycles.